The van der Waals surface area contributed by atoms with Crippen molar-refractivity contribution in [2.45, 2.75) is 32.6 Å². The third-order valence-electron chi connectivity index (χ3n) is 2.82. The Morgan fingerprint density at radius 1 is 1.30 bits per heavy atom. The lowest BCUT2D eigenvalue weighted by Gasteiger charge is -2.43. The largest absolute Gasteiger partial charge is 0.309 e. The van der Waals surface area contributed by atoms with Crippen LogP contribution in [-0.4, -0.2) is 25.5 Å². The van der Waals surface area contributed by atoms with E-state index in [1.165, 1.54) is 32.2 Å². The Hall–Kier alpha value is -0.0400. The summed E-state index contributed by atoms with van der Waals surface area (Å²) >= 11 is 0. The molecular formula is C9H19N. The fourth-order valence-corrected chi connectivity index (χ4v) is 1.97. The van der Waals surface area contributed by atoms with Crippen molar-refractivity contribution in [3.8, 4) is 0 Å². The first-order chi connectivity index (χ1) is 4.68. The first-order valence-corrected chi connectivity index (χ1v) is 4.33. The molecule has 0 aromatic carbocycles. The molecule has 1 rings (SSSR count). The van der Waals surface area contributed by atoms with Crippen LogP contribution in [-0.2, 0) is 0 Å². The maximum atomic E-state index is 2.32. The zero-order valence-electron chi connectivity index (χ0n) is 7.48. The fourth-order valence-electron chi connectivity index (χ4n) is 1.97. The van der Waals surface area contributed by atoms with Crippen LogP contribution < -0.4 is 0 Å². The molecule has 0 N–H and O–H groups in total. The summed E-state index contributed by atoms with van der Waals surface area (Å²) in [7, 11) is 4.35. The normalized spacial score (nSPS) is 22.8. The molecule has 60 valence electrons. The molecular weight excluding hydrogens is 122 g/mol. The summed E-state index contributed by atoms with van der Waals surface area (Å²) in [5, 5.41) is 0. The number of rotatable bonds is 3. The van der Waals surface area contributed by atoms with E-state index in [4.69, 9.17) is 0 Å². The summed E-state index contributed by atoms with van der Waals surface area (Å²) in [5.74, 6) is 0. The van der Waals surface area contributed by atoms with E-state index in [0.29, 0.717) is 5.41 Å². The van der Waals surface area contributed by atoms with Crippen LogP contribution in [0.4, 0.5) is 0 Å². The maximum Gasteiger partial charge on any atom is 0.00318 e. The van der Waals surface area contributed by atoms with Gasteiger partial charge in [-0.1, -0.05) is 13.3 Å². The molecule has 1 nitrogen and oxygen atoms in total. The van der Waals surface area contributed by atoms with Crippen molar-refractivity contribution in [1.82, 2.24) is 4.90 Å². The molecule has 0 aromatic heterocycles. The highest BCUT2D eigenvalue weighted by molar-refractivity contribution is 4.87. The van der Waals surface area contributed by atoms with Gasteiger partial charge in [-0.05, 0) is 38.8 Å². The van der Waals surface area contributed by atoms with Crippen molar-refractivity contribution in [2.24, 2.45) is 5.41 Å². The Bertz CT molecular complexity index is 97.8. The summed E-state index contributed by atoms with van der Waals surface area (Å²) in [6.45, 7) is 3.62. The molecule has 0 aromatic rings. The van der Waals surface area contributed by atoms with Gasteiger partial charge in [0.1, 0.15) is 0 Å². The molecule has 10 heavy (non-hydrogen) atoms. The number of hydrogen-bond donors (Lipinski definition) is 0. The molecule has 0 aliphatic heterocycles. The van der Waals surface area contributed by atoms with E-state index in [2.05, 4.69) is 25.9 Å². The van der Waals surface area contributed by atoms with E-state index in [1.54, 1.807) is 0 Å². The SMILES string of the molecule is CCC1(CN(C)C)CCC1. The van der Waals surface area contributed by atoms with Gasteiger partial charge >= 0.3 is 0 Å². The van der Waals surface area contributed by atoms with E-state index in [9.17, 15) is 0 Å². The second kappa shape index (κ2) is 2.91. The Labute approximate surface area is 64.4 Å². The zero-order chi connectivity index (χ0) is 7.61. The first kappa shape index (κ1) is 8.06. The minimum absolute atomic E-state index is 0.712. The van der Waals surface area contributed by atoms with Gasteiger partial charge < -0.3 is 4.90 Å². The van der Waals surface area contributed by atoms with E-state index in [1.807, 2.05) is 0 Å². The summed E-state index contributed by atoms with van der Waals surface area (Å²) in [4.78, 5) is 2.32. The van der Waals surface area contributed by atoms with Gasteiger partial charge in [-0.3, -0.25) is 0 Å². The lowest BCUT2D eigenvalue weighted by atomic mass is 9.67. The van der Waals surface area contributed by atoms with E-state index in [-0.39, 0.29) is 0 Å². The average Bonchev–Trinajstić information content (AvgIpc) is 1.78. The molecule has 0 atom stereocenters. The van der Waals surface area contributed by atoms with Crippen LogP contribution in [0.5, 0.6) is 0 Å². The lowest BCUT2D eigenvalue weighted by molar-refractivity contribution is 0.0845. The van der Waals surface area contributed by atoms with Gasteiger partial charge in [-0.15, -0.1) is 0 Å². The second-order valence-corrected chi connectivity index (χ2v) is 3.94. The second-order valence-electron chi connectivity index (χ2n) is 3.94. The van der Waals surface area contributed by atoms with Crippen molar-refractivity contribution < 1.29 is 0 Å². The minimum Gasteiger partial charge on any atom is -0.309 e. The van der Waals surface area contributed by atoms with Crippen LogP contribution in [0.1, 0.15) is 32.6 Å². The molecule has 1 heteroatoms. The van der Waals surface area contributed by atoms with Gasteiger partial charge in [0.2, 0.25) is 0 Å². The maximum absolute atomic E-state index is 2.32. The van der Waals surface area contributed by atoms with Crippen molar-refractivity contribution in [3.05, 3.63) is 0 Å². The molecule has 1 aliphatic carbocycles. The predicted molar refractivity (Wildman–Crippen MR) is 45.1 cm³/mol. The smallest absolute Gasteiger partial charge is 0.00318 e. The molecule has 0 spiro atoms. The standard InChI is InChI=1S/C9H19N/c1-4-9(6-5-7-9)8-10(2)3/h4-8H2,1-3H3. The summed E-state index contributed by atoms with van der Waals surface area (Å²) in [6, 6.07) is 0. The quantitative estimate of drug-likeness (QED) is 0.582. The van der Waals surface area contributed by atoms with Crippen LogP contribution in [0.3, 0.4) is 0 Å². The highest BCUT2D eigenvalue weighted by atomic mass is 15.1. The first-order valence-electron chi connectivity index (χ1n) is 4.33. The summed E-state index contributed by atoms with van der Waals surface area (Å²) in [6.07, 6.45) is 5.75. The van der Waals surface area contributed by atoms with Crippen LogP contribution in [0.15, 0.2) is 0 Å². The highest BCUT2D eigenvalue weighted by Gasteiger charge is 2.34. The van der Waals surface area contributed by atoms with Crippen molar-refractivity contribution in [2.75, 3.05) is 20.6 Å². The molecule has 0 amide bonds. The van der Waals surface area contributed by atoms with E-state index >= 15 is 0 Å². The Balaban J connectivity index is 2.33. The van der Waals surface area contributed by atoms with Crippen LogP contribution in [0.2, 0.25) is 0 Å². The third-order valence-corrected chi connectivity index (χ3v) is 2.82. The van der Waals surface area contributed by atoms with Gasteiger partial charge in [0.15, 0.2) is 0 Å². The molecule has 0 unspecified atom stereocenters. The van der Waals surface area contributed by atoms with Crippen LogP contribution >= 0.6 is 0 Å². The monoisotopic (exact) mass is 141 g/mol. The van der Waals surface area contributed by atoms with Crippen molar-refractivity contribution in [3.63, 3.8) is 0 Å². The van der Waals surface area contributed by atoms with Crippen molar-refractivity contribution in [1.29, 1.82) is 0 Å². The van der Waals surface area contributed by atoms with E-state index in [0.717, 1.165) is 0 Å². The third kappa shape index (κ3) is 1.51. The van der Waals surface area contributed by atoms with Gasteiger partial charge in [0.05, 0.1) is 0 Å². The fraction of sp³-hybridized carbons (Fsp3) is 1.00. The van der Waals surface area contributed by atoms with Crippen LogP contribution in [0.25, 0.3) is 0 Å². The van der Waals surface area contributed by atoms with Crippen LogP contribution in [0, 0.1) is 5.41 Å². The number of hydrogen-bond acceptors (Lipinski definition) is 1. The molecule has 1 aliphatic rings. The van der Waals surface area contributed by atoms with Gasteiger partial charge in [-0.2, -0.15) is 0 Å². The Morgan fingerprint density at radius 3 is 2.00 bits per heavy atom. The summed E-state index contributed by atoms with van der Waals surface area (Å²) < 4.78 is 0. The molecule has 0 bridgehead atoms. The minimum atomic E-state index is 0.712. The van der Waals surface area contributed by atoms with Gasteiger partial charge in [0, 0.05) is 6.54 Å². The Kier molecular flexibility index (Phi) is 2.35. The van der Waals surface area contributed by atoms with E-state index < -0.39 is 0 Å². The summed E-state index contributed by atoms with van der Waals surface area (Å²) in [5.41, 5.74) is 0.712. The molecule has 0 heterocycles. The van der Waals surface area contributed by atoms with Gasteiger partial charge in [0.25, 0.3) is 0 Å². The molecule has 0 saturated heterocycles. The number of nitrogens with zero attached hydrogens (tertiary/aromatic N) is 1. The van der Waals surface area contributed by atoms with Crippen molar-refractivity contribution >= 4 is 0 Å². The predicted octanol–water partition coefficient (Wildman–Crippen LogP) is 2.13. The Morgan fingerprint density at radius 2 is 1.90 bits per heavy atom. The molecule has 0 radical (unpaired) electrons. The molecule has 1 fully saturated rings. The topological polar surface area (TPSA) is 3.24 Å². The lowest BCUT2D eigenvalue weighted by Crippen LogP contribution is -2.38. The zero-order valence-corrected chi connectivity index (χ0v) is 7.48. The average molecular weight is 141 g/mol. The van der Waals surface area contributed by atoms with Gasteiger partial charge in [-0.25, -0.2) is 0 Å². The highest BCUT2D eigenvalue weighted by Crippen LogP contribution is 2.43. The molecule has 1 saturated carbocycles.